The van der Waals surface area contributed by atoms with Gasteiger partial charge in [0, 0.05) is 25.0 Å². The Kier molecular flexibility index (Phi) is 4.10. The molecule has 1 aliphatic rings. The molecular formula is C13H20BrN3O. The Labute approximate surface area is 116 Å². The maximum absolute atomic E-state index is 12.0. The molecule has 0 bridgehead atoms. The molecule has 0 unspecified atom stereocenters. The van der Waals surface area contributed by atoms with E-state index in [9.17, 15) is 4.79 Å². The summed E-state index contributed by atoms with van der Waals surface area (Å²) in [6.45, 7) is 3.79. The van der Waals surface area contributed by atoms with Crippen molar-refractivity contribution < 1.29 is 0 Å². The molecule has 1 aromatic heterocycles. The van der Waals surface area contributed by atoms with Gasteiger partial charge >= 0.3 is 0 Å². The highest BCUT2D eigenvalue weighted by Crippen LogP contribution is 2.48. The zero-order chi connectivity index (χ0) is 13.2. The topological polar surface area (TPSA) is 38.1 Å². The number of aromatic nitrogens is 2. The van der Waals surface area contributed by atoms with Gasteiger partial charge in [0.25, 0.3) is 5.56 Å². The van der Waals surface area contributed by atoms with Crippen LogP contribution in [0.5, 0.6) is 0 Å². The molecule has 0 amide bonds. The lowest BCUT2D eigenvalue weighted by Gasteiger charge is -2.18. The molecule has 1 aliphatic carbocycles. The third kappa shape index (κ3) is 2.94. The Hall–Kier alpha value is -0.840. The zero-order valence-corrected chi connectivity index (χ0v) is 12.6. The fraction of sp³-hybridized carbons (Fsp3) is 0.692. The van der Waals surface area contributed by atoms with E-state index in [0.29, 0.717) is 0 Å². The number of halogens is 1. The minimum atomic E-state index is 0.00248. The van der Waals surface area contributed by atoms with Crippen LogP contribution in [0.1, 0.15) is 26.2 Å². The van der Waals surface area contributed by atoms with Gasteiger partial charge in [-0.05, 0) is 24.7 Å². The second kappa shape index (κ2) is 5.43. The molecule has 0 atom stereocenters. The lowest BCUT2D eigenvalue weighted by atomic mass is 10.1. The van der Waals surface area contributed by atoms with Crippen LogP contribution in [0, 0.1) is 5.41 Å². The summed E-state index contributed by atoms with van der Waals surface area (Å²) in [7, 11) is 1.99. The Morgan fingerprint density at radius 2 is 2.28 bits per heavy atom. The van der Waals surface area contributed by atoms with Crippen LogP contribution in [0.25, 0.3) is 0 Å². The number of alkyl halides is 1. The molecule has 1 aromatic rings. The van der Waals surface area contributed by atoms with Crippen molar-refractivity contribution in [1.82, 2.24) is 9.78 Å². The number of nitrogens with zero attached hydrogens (tertiary/aromatic N) is 3. The molecular weight excluding hydrogens is 294 g/mol. The summed E-state index contributed by atoms with van der Waals surface area (Å²) in [5.74, 6) is 0. The van der Waals surface area contributed by atoms with Crippen molar-refractivity contribution in [2.24, 2.45) is 5.41 Å². The normalized spacial score (nSPS) is 16.6. The smallest absolute Gasteiger partial charge is 0.268 e. The lowest BCUT2D eigenvalue weighted by Crippen LogP contribution is -2.29. The highest BCUT2D eigenvalue weighted by Gasteiger charge is 2.42. The summed E-state index contributed by atoms with van der Waals surface area (Å²) in [6, 6.07) is 1.69. The number of hydrogen-bond donors (Lipinski definition) is 0. The molecule has 0 spiro atoms. The minimum absolute atomic E-state index is 0.00248. The van der Waals surface area contributed by atoms with Gasteiger partial charge in [0.15, 0.2) is 0 Å². The van der Waals surface area contributed by atoms with Gasteiger partial charge in [-0.15, -0.1) is 0 Å². The maximum atomic E-state index is 12.0. The first-order chi connectivity index (χ1) is 8.60. The van der Waals surface area contributed by atoms with Crippen molar-refractivity contribution in [2.75, 3.05) is 23.8 Å². The largest absolute Gasteiger partial charge is 0.373 e. The molecule has 100 valence electrons. The Bertz CT molecular complexity index is 468. The molecule has 1 heterocycles. The minimum Gasteiger partial charge on any atom is -0.373 e. The van der Waals surface area contributed by atoms with Crippen LogP contribution >= 0.6 is 15.9 Å². The van der Waals surface area contributed by atoms with Crippen LogP contribution < -0.4 is 10.5 Å². The second-order valence-corrected chi connectivity index (χ2v) is 5.83. The third-order valence-electron chi connectivity index (χ3n) is 3.58. The van der Waals surface area contributed by atoms with Crippen LogP contribution in [-0.2, 0) is 6.54 Å². The van der Waals surface area contributed by atoms with Crippen LogP contribution in [0.15, 0.2) is 17.1 Å². The highest BCUT2D eigenvalue weighted by molar-refractivity contribution is 9.09. The van der Waals surface area contributed by atoms with Gasteiger partial charge in [0.1, 0.15) is 0 Å². The molecule has 0 aromatic carbocycles. The predicted octanol–water partition coefficient (Wildman–Crippen LogP) is 2.26. The number of hydrogen-bond acceptors (Lipinski definition) is 3. The monoisotopic (exact) mass is 313 g/mol. The molecule has 1 fully saturated rings. The molecule has 0 N–H and O–H groups in total. The zero-order valence-electron chi connectivity index (χ0n) is 11.0. The van der Waals surface area contributed by atoms with Crippen molar-refractivity contribution in [1.29, 1.82) is 0 Å². The van der Waals surface area contributed by atoms with E-state index in [4.69, 9.17) is 0 Å². The van der Waals surface area contributed by atoms with E-state index >= 15 is 0 Å². The van der Waals surface area contributed by atoms with E-state index < -0.39 is 0 Å². The van der Waals surface area contributed by atoms with Gasteiger partial charge in [0.05, 0.1) is 18.4 Å². The van der Waals surface area contributed by atoms with E-state index in [-0.39, 0.29) is 11.0 Å². The van der Waals surface area contributed by atoms with Gasteiger partial charge < -0.3 is 4.90 Å². The van der Waals surface area contributed by atoms with E-state index in [2.05, 4.69) is 32.9 Å². The molecule has 5 heteroatoms. The molecule has 0 radical (unpaired) electrons. The average molecular weight is 314 g/mol. The molecule has 1 saturated carbocycles. The van der Waals surface area contributed by atoms with E-state index in [1.54, 1.807) is 16.9 Å². The Balaban J connectivity index is 2.13. The molecule has 18 heavy (non-hydrogen) atoms. The van der Waals surface area contributed by atoms with Gasteiger partial charge in [-0.3, -0.25) is 4.79 Å². The van der Waals surface area contributed by atoms with Crippen molar-refractivity contribution in [3.63, 3.8) is 0 Å². The van der Waals surface area contributed by atoms with Crippen LogP contribution in [0.2, 0.25) is 0 Å². The van der Waals surface area contributed by atoms with E-state index in [0.717, 1.165) is 30.5 Å². The molecule has 4 nitrogen and oxygen atoms in total. The Morgan fingerprint density at radius 1 is 1.56 bits per heavy atom. The van der Waals surface area contributed by atoms with Crippen molar-refractivity contribution >= 4 is 21.6 Å². The summed E-state index contributed by atoms with van der Waals surface area (Å²) < 4.78 is 1.59. The van der Waals surface area contributed by atoms with Crippen molar-refractivity contribution in [3.05, 3.63) is 22.6 Å². The average Bonchev–Trinajstić information content (AvgIpc) is 3.12. The molecule has 2 rings (SSSR count). The van der Waals surface area contributed by atoms with Gasteiger partial charge in [0.2, 0.25) is 0 Å². The quantitative estimate of drug-likeness (QED) is 0.756. The van der Waals surface area contributed by atoms with Crippen LogP contribution in [0.4, 0.5) is 5.69 Å². The first kappa shape index (κ1) is 13.6. The number of anilines is 1. The SMILES string of the molecule is CCCN(C)c1cnn(CC2(CBr)CC2)c(=O)c1. The summed E-state index contributed by atoms with van der Waals surface area (Å²) >= 11 is 3.52. The standard InChI is InChI=1S/C13H20BrN3O/c1-3-6-16(2)11-7-12(18)17(15-8-11)10-13(9-14)4-5-13/h7-8H,3-6,9-10H2,1-2H3. The summed E-state index contributed by atoms with van der Waals surface area (Å²) in [5.41, 5.74) is 1.18. The Morgan fingerprint density at radius 3 is 2.78 bits per heavy atom. The summed E-state index contributed by atoms with van der Waals surface area (Å²) in [4.78, 5) is 14.1. The molecule has 0 aliphatic heterocycles. The van der Waals surface area contributed by atoms with Crippen molar-refractivity contribution in [2.45, 2.75) is 32.7 Å². The van der Waals surface area contributed by atoms with Crippen LogP contribution in [-0.4, -0.2) is 28.7 Å². The maximum Gasteiger partial charge on any atom is 0.268 e. The van der Waals surface area contributed by atoms with Crippen LogP contribution in [0.3, 0.4) is 0 Å². The van der Waals surface area contributed by atoms with Gasteiger partial charge in [-0.1, -0.05) is 22.9 Å². The second-order valence-electron chi connectivity index (χ2n) is 5.26. The predicted molar refractivity (Wildman–Crippen MR) is 77.5 cm³/mol. The first-order valence-electron chi connectivity index (χ1n) is 6.44. The van der Waals surface area contributed by atoms with Crippen molar-refractivity contribution in [3.8, 4) is 0 Å². The molecule has 0 saturated heterocycles. The van der Waals surface area contributed by atoms with Gasteiger partial charge in [-0.25, -0.2) is 4.68 Å². The first-order valence-corrected chi connectivity index (χ1v) is 7.57. The number of rotatable bonds is 6. The third-order valence-corrected chi connectivity index (χ3v) is 4.77. The fourth-order valence-electron chi connectivity index (χ4n) is 2.04. The highest BCUT2D eigenvalue weighted by atomic mass is 79.9. The van der Waals surface area contributed by atoms with E-state index in [1.165, 1.54) is 12.8 Å². The summed E-state index contributed by atoms with van der Waals surface area (Å²) in [6.07, 6.45) is 5.22. The van der Waals surface area contributed by atoms with Gasteiger partial charge in [-0.2, -0.15) is 5.10 Å². The lowest BCUT2D eigenvalue weighted by molar-refractivity contribution is 0.426. The van der Waals surface area contributed by atoms with E-state index in [1.807, 2.05) is 7.05 Å². The summed E-state index contributed by atoms with van der Waals surface area (Å²) in [5, 5.41) is 5.25. The fourth-order valence-corrected chi connectivity index (χ4v) is 2.78.